The highest BCUT2D eigenvalue weighted by Gasteiger charge is 2.17. The molecule has 106 valence electrons. The van der Waals surface area contributed by atoms with Crippen molar-refractivity contribution in [2.24, 2.45) is 0 Å². The number of aromatic amines is 1. The van der Waals surface area contributed by atoms with E-state index in [4.69, 9.17) is 4.74 Å². The van der Waals surface area contributed by atoms with Crippen molar-refractivity contribution in [1.29, 1.82) is 0 Å². The van der Waals surface area contributed by atoms with E-state index in [1.165, 1.54) is 0 Å². The molecule has 0 atom stereocenters. The Labute approximate surface area is 118 Å². The Hall–Kier alpha value is -2.30. The fourth-order valence-corrected chi connectivity index (χ4v) is 1.63. The first-order chi connectivity index (χ1) is 9.44. The first-order valence-corrected chi connectivity index (χ1v) is 6.49. The van der Waals surface area contributed by atoms with Gasteiger partial charge in [0, 0.05) is 5.54 Å². The number of aromatic nitrogens is 2. The van der Waals surface area contributed by atoms with E-state index in [1.54, 1.807) is 6.07 Å². The zero-order valence-electron chi connectivity index (χ0n) is 11.9. The van der Waals surface area contributed by atoms with Gasteiger partial charge in [-0.2, -0.15) is 5.10 Å². The molecule has 0 aliphatic carbocycles. The van der Waals surface area contributed by atoms with Crippen LogP contribution in [0.4, 0.5) is 0 Å². The molecule has 1 aromatic heterocycles. The van der Waals surface area contributed by atoms with E-state index in [0.717, 1.165) is 11.4 Å². The Morgan fingerprint density at radius 3 is 2.65 bits per heavy atom. The molecule has 1 amide bonds. The van der Waals surface area contributed by atoms with Crippen LogP contribution >= 0.6 is 0 Å². The maximum Gasteiger partial charge on any atom is 0.272 e. The standard InChI is InChI=1S/C15H19N3O2/c1-15(2,3)16-14(19)13-9-11(17-18-13)10-20-12-7-5-4-6-8-12/h4-9H,10H2,1-3H3,(H,16,19)(H,17,18). The number of benzene rings is 1. The molecule has 0 aliphatic heterocycles. The molecule has 2 rings (SSSR count). The lowest BCUT2D eigenvalue weighted by Crippen LogP contribution is -2.40. The van der Waals surface area contributed by atoms with Crippen molar-refractivity contribution in [3.63, 3.8) is 0 Å². The molecular weight excluding hydrogens is 254 g/mol. The number of hydrogen-bond acceptors (Lipinski definition) is 3. The van der Waals surface area contributed by atoms with E-state index in [2.05, 4.69) is 15.5 Å². The van der Waals surface area contributed by atoms with Gasteiger partial charge in [-0.1, -0.05) is 18.2 Å². The third-order valence-electron chi connectivity index (χ3n) is 2.49. The monoisotopic (exact) mass is 273 g/mol. The number of carbonyl (C=O) groups is 1. The van der Waals surface area contributed by atoms with Gasteiger partial charge in [-0.05, 0) is 39.0 Å². The van der Waals surface area contributed by atoms with Crippen LogP contribution in [0, 0.1) is 0 Å². The highest BCUT2D eigenvalue weighted by atomic mass is 16.5. The molecule has 20 heavy (non-hydrogen) atoms. The normalized spacial score (nSPS) is 11.2. The quantitative estimate of drug-likeness (QED) is 0.899. The van der Waals surface area contributed by atoms with E-state index in [9.17, 15) is 4.79 Å². The summed E-state index contributed by atoms with van der Waals surface area (Å²) in [5.41, 5.74) is 0.844. The summed E-state index contributed by atoms with van der Waals surface area (Å²) in [5, 5.41) is 9.66. The summed E-state index contributed by atoms with van der Waals surface area (Å²) >= 11 is 0. The summed E-state index contributed by atoms with van der Waals surface area (Å²) in [5.74, 6) is 0.586. The fourth-order valence-electron chi connectivity index (χ4n) is 1.63. The average molecular weight is 273 g/mol. The lowest BCUT2D eigenvalue weighted by molar-refractivity contribution is 0.0914. The van der Waals surface area contributed by atoms with E-state index >= 15 is 0 Å². The Morgan fingerprint density at radius 2 is 2.00 bits per heavy atom. The van der Waals surface area contributed by atoms with Crippen LogP contribution in [0.5, 0.6) is 5.75 Å². The number of nitrogens with one attached hydrogen (secondary N) is 2. The molecular formula is C15H19N3O2. The van der Waals surface area contributed by atoms with Crippen molar-refractivity contribution < 1.29 is 9.53 Å². The number of ether oxygens (including phenoxy) is 1. The Kier molecular flexibility index (Phi) is 4.08. The third kappa shape index (κ3) is 4.12. The van der Waals surface area contributed by atoms with Crippen LogP contribution in [0.1, 0.15) is 37.0 Å². The zero-order valence-corrected chi connectivity index (χ0v) is 11.9. The molecule has 0 fully saturated rings. The molecule has 2 N–H and O–H groups in total. The summed E-state index contributed by atoms with van der Waals surface area (Å²) in [6.07, 6.45) is 0. The molecule has 5 heteroatoms. The zero-order chi connectivity index (χ0) is 14.6. The Balaban J connectivity index is 1.94. The lowest BCUT2D eigenvalue weighted by atomic mass is 10.1. The van der Waals surface area contributed by atoms with Crippen LogP contribution in [0.15, 0.2) is 36.4 Å². The van der Waals surface area contributed by atoms with Crippen LogP contribution < -0.4 is 10.1 Å². The van der Waals surface area contributed by atoms with Gasteiger partial charge in [0.05, 0.1) is 5.69 Å². The Morgan fingerprint density at radius 1 is 1.30 bits per heavy atom. The van der Waals surface area contributed by atoms with Gasteiger partial charge in [0.2, 0.25) is 0 Å². The molecule has 0 aliphatic rings. The summed E-state index contributed by atoms with van der Waals surface area (Å²) in [6, 6.07) is 11.2. The van der Waals surface area contributed by atoms with E-state index in [1.807, 2.05) is 51.1 Å². The van der Waals surface area contributed by atoms with Crippen molar-refractivity contribution in [1.82, 2.24) is 15.5 Å². The van der Waals surface area contributed by atoms with Crippen molar-refractivity contribution in [3.8, 4) is 5.75 Å². The average Bonchev–Trinajstić information content (AvgIpc) is 2.84. The van der Waals surface area contributed by atoms with Crippen LogP contribution in [0.3, 0.4) is 0 Å². The molecule has 0 radical (unpaired) electrons. The number of rotatable bonds is 4. The minimum atomic E-state index is -0.281. The second-order valence-corrected chi connectivity index (χ2v) is 5.58. The minimum Gasteiger partial charge on any atom is -0.487 e. The maximum atomic E-state index is 11.9. The molecule has 2 aromatic rings. The number of para-hydroxylation sites is 1. The van der Waals surface area contributed by atoms with E-state index < -0.39 is 0 Å². The van der Waals surface area contributed by atoms with Crippen LogP contribution in [0.25, 0.3) is 0 Å². The molecule has 0 saturated heterocycles. The number of nitrogens with zero attached hydrogens (tertiary/aromatic N) is 1. The first kappa shape index (κ1) is 14.1. The largest absolute Gasteiger partial charge is 0.487 e. The summed E-state index contributed by atoms with van der Waals surface area (Å²) < 4.78 is 5.58. The van der Waals surface area contributed by atoms with Gasteiger partial charge in [0.25, 0.3) is 5.91 Å². The number of hydrogen-bond donors (Lipinski definition) is 2. The summed E-state index contributed by atoms with van der Waals surface area (Å²) in [6.45, 7) is 6.13. The second kappa shape index (κ2) is 5.77. The molecule has 5 nitrogen and oxygen atoms in total. The second-order valence-electron chi connectivity index (χ2n) is 5.58. The smallest absolute Gasteiger partial charge is 0.272 e. The highest BCUT2D eigenvalue weighted by Crippen LogP contribution is 2.11. The van der Waals surface area contributed by atoms with Gasteiger partial charge in [-0.25, -0.2) is 0 Å². The molecule has 0 spiro atoms. The van der Waals surface area contributed by atoms with Gasteiger partial charge in [0.1, 0.15) is 18.1 Å². The molecule has 0 saturated carbocycles. The van der Waals surface area contributed by atoms with E-state index in [0.29, 0.717) is 12.3 Å². The van der Waals surface area contributed by atoms with Crippen molar-refractivity contribution in [2.45, 2.75) is 32.9 Å². The minimum absolute atomic E-state index is 0.195. The van der Waals surface area contributed by atoms with Crippen molar-refractivity contribution in [3.05, 3.63) is 47.8 Å². The van der Waals surface area contributed by atoms with Gasteiger partial charge in [-0.15, -0.1) is 0 Å². The van der Waals surface area contributed by atoms with Gasteiger partial charge in [0.15, 0.2) is 0 Å². The summed E-state index contributed by atoms with van der Waals surface area (Å²) in [4.78, 5) is 11.9. The predicted octanol–water partition coefficient (Wildman–Crippen LogP) is 2.52. The Bertz CT molecular complexity index is 570. The predicted molar refractivity (Wildman–Crippen MR) is 76.6 cm³/mol. The van der Waals surface area contributed by atoms with Gasteiger partial charge < -0.3 is 10.1 Å². The molecule has 1 heterocycles. The maximum absolute atomic E-state index is 11.9. The van der Waals surface area contributed by atoms with Gasteiger partial charge in [-0.3, -0.25) is 9.89 Å². The highest BCUT2D eigenvalue weighted by molar-refractivity contribution is 5.92. The van der Waals surface area contributed by atoms with Gasteiger partial charge >= 0.3 is 0 Å². The SMILES string of the molecule is CC(C)(C)NC(=O)c1cc(COc2ccccc2)[nH]n1. The number of amides is 1. The molecule has 0 bridgehead atoms. The van der Waals surface area contributed by atoms with Crippen molar-refractivity contribution in [2.75, 3.05) is 0 Å². The van der Waals surface area contributed by atoms with Crippen LogP contribution in [0.2, 0.25) is 0 Å². The number of carbonyl (C=O) groups excluding carboxylic acids is 1. The van der Waals surface area contributed by atoms with Crippen molar-refractivity contribution >= 4 is 5.91 Å². The van der Waals surface area contributed by atoms with Crippen LogP contribution in [-0.4, -0.2) is 21.6 Å². The third-order valence-corrected chi connectivity index (χ3v) is 2.49. The lowest BCUT2D eigenvalue weighted by Gasteiger charge is -2.19. The first-order valence-electron chi connectivity index (χ1n) is 6.49. The number of H-pyrrole nitrogens is 1. The molecule has 0 unspecified atom stereocenters. The van der Waals surface area contributed by atoms with Crippen LogP contribution in [-0.2, 0) is 6.61 Å². The summed E-state index contributed by atoms with van der Waals surface area (Å²) in [7, 11) is 0. The fraction of sp³-hybridized carbons (Fsp3) is 0.333. The molecule has 1 aromatic carbocycles. The van der Waals surface area contributed by atoms with E-state index in [-0.39, 0.29) is 11.4 Å². The topological polar surface area (TPSA) is 67.0 Å².